The quantitative estimate of drug-likeness (QED) is 0.641. The zero-order valence-electron chi connectivity index (χ0n) is 16.5. The van der Waals surface area contributed by atoms with E-state index in [4.69, 9.17) is 19.5 Å². The zero-order valence-corrected chi connectivity index (χ0v) is 17.4. The minimum absolute atomic E-state index is 0.0772. The van der Waals surface area contributed by atoms with Crippen molar-refractivity contribution in [2.75, 3.05) is 12.1 Å². The lowest BCUT2D eigenvalue weighted by molar-refractivity contribution is 0.0277. The van der Waals surface area contributed by atoms with Gasteiger partial charge in [0.1, 0.15) is 11.9 Å². The number of aryl methyl sites for hydroxylation is 1. The molecule has 0 radical (unpaired) electrons. The third kappa shape index (κ3) is 4.85. The molecule has 0 atom stereocenters. The number of nitrogen functional groups attached to an aromatic ring is 1. The molecule has 0 spiro atoms. The van der Waals surface area contributed by atoms with Gasteiger partial charge in [-0.05, 0) is 47.5 Å². The summed E-state index contributed by atoms with van der Waals surface area (Å²) in [5, 5.41) is 0. The molecule has 9 nitrogen and oxygen atoms in total. The number of fused-ring (bicyclic) bond motifs is 1. The maximum Gasteiger partial charge on any atom is 0.356 e. The molecule has 2 aromatic heterocycles. The van der Waals surface area contributed by atoms with E-state index in [1.165, 1.54) is 0 Å². The molecule has 1 saturated carbocycles. The van der Waals surface area contributed by atoms with Gasteiger partial charge in [-0.1, -0.05) is 0 Å². The molecular formula is C17H28N5O4P. The van der Waals surface area contributed by atoms with E-state index in [1.807, 2.05) is 39.2 Å². The summed E-state index contributed by atoms with van der Waals surface area (Å²) in [6.45, 7) is 9.70. The van der Waals surface area contributed by atoms with Crippen molar-refractivity contribution in [1.29, 1.82) is 0 Å². The Labute approximate surface area is 159 Å². The Morgan fingerprint density at radius 3 is 2.41 bits per heavy atom. The van der Waals surface area contributed by atoms with E-state index in [0.717, 1.165) is 24.1 Å². The molecular weight excluding hydrogens is 369 g/mol. The molecule has 2 aromatic rings. The lowest BCUT2D eigenvalue weighted by Gasteiger charge is -2.25. The molecule has 10 heteroatoms. The maximum atomic E-state index is 13.0. The number of aromatic nitrogens is 4. The van der Waals surface area contributed by atoms with Gasteiger partial charge in [0.15, 0.2) is 5.65 Å². The van der Waals surface area contributed by atoms with Gasteiger partial charge in [-0.15, -0.1) is 0 Å². The van der Waals surface area contributed by atoms with Crippen molar-refractivity contribution in [3.63, 3.8) is 0 Å². The lowest BCUT2D eigenvalue weighted by atomic mass is 10.3. The van der Waals surface area contributed by atoms with Crippen LogP contribution in [0.25, 0.3) is 11.2 Å². The third-order valence-electron chi connectivity index (χ3n) is 4.19. The molecule has 150 valence electrons. The van der Waals surface area contributed by atoms with Crippen molar-refractivity contribution < 1.29 is 18.3 Å². The van der Waals surface area contributed by atoms with Crippen molar-refractivity contribution >= 4 is 24.7 Å². The van der Waals surface area contributed by atoms with E-state index in [-0.39, 0.29) is 24.5 Å². The van der Waals surface area contributed by atoms with E-state index in [9.17, 15) is 4.57 Å². The van der Waals surface area contributed by atoms with Crippen molar-refractivity contribution in [3.8, 4) is 0 Å². The fourth-order valence-corrected chi connectivity index (χ4v) is 4.85. The number of nitrogens with zero attached hydrogens (tertiary/aromatic N) is 4. The number of ether oxygens (including phenoxy) is 1. The molecule has 3 rings (SSSR count). The van der Waals surface area contributed by atoms with Crippen molar-refractivity contribution in [2.45, 2.75) is 71.8 Å². The van der Waals surface area contributed by atoms with Crippen LogP contribution in [0.1, 0.15) is 46.2 Å². The molecule has 0 saturated heterocycles. The minimum atomic E-state index is -3.33. The van der Waals surface area contributed by atoms with Gasteiger partial charge in [-0.2, -0.15) is 4.98 Å². The second kappa shape index (κ2) is 7.47. The second-order valence-corrected chi connectivity index (χ2v) is 9.49. The fraction of sp³-hybridized carbons (Fsp3) is 0.706. The van der Waals surface area contributed by atoms with Crippen LogP contribution in [0.5, 0.6) is 0 Å². The summed E-state index contributed by atoms with van der Waals surface area (Å²) in [4.78, 5) is 12.8. The monoisotopic (exact) mass is 397 g/mol. The number of imidazole rings is 1. The second-order valence-electron chi connectivity index (χ2n) is 7.59. The van der Waals surface area contributed by atoms with Crippen molar-refractivity contribution in [3.05, 3.63) is 12.0 Å². The molecule has 27 heavy (non-hydrogen) atoms. The fourth-order valence-electron chi connectivity index (χ4n) is 2.96. The molecule has 1 fully saturated rings. The molecule has 0 aliphatic heterocycles. The zero-order chi connectivity index (χ0) is 19.8. The standard InChI is InChI=1S/C17H28N5O4P/c1-11(2)25-27(23,26-12(3)4)10-24-17(6-7-17)8-22-9-19-14-13(5)20-16(18)21-15(14)22/h9,11-12H,6-8,10H2,1-5H3,(H2,18,20,21). The van der Waals surface area contributed by atoms with E-state index in [1.54, 1.807) is 6.33 Å². The minimum Gasteiger partial charge on any atom is -0.368 e. The van der Waals surface area contributed by atoms with Crippen LogP contribution in [0, 0.1) is 6.92 Å². The summed E-state index contributed by atoms with van der Waals surface area (Å²) in [5.74, 6) is 0.215. The predicted octanol–water partition coefficient (Wildman–Crippen LogP) is 3.27. The molecule has 0 amide bonds. The highest BCUT2D eigenvalue weighted by atomic mass is 31.2. The number of hydrogen-bond donors (Lipinski definition) is 1. The Morgan fingerprint density at radius 2 is 1.85 bits per heavy atom. The van der Waals surface area contributed by atoms with Crippen LogP contribution in [0.3, 0.4) is 0 Å². The van der Waals surface area contributed by atoms with E-state index in [0.29, 0.717) is 12.2 Å². The summed E-state index contributed by atoms with van der Waals surface area (Å²) < 4.78 is 32.1. The summed E-state index contributed by atoms with van der Waals surface area (Å²) in [6, 6.07) is 0. The Kier molecular flexibility index (Phi) is 5.59. The van der Waals surface area contributed by atoms with E-state index in [2.05, 4.69) is 15.0 Å². The average Bonchev–Trinajstić information content (AvgIpc) is 3.18. The Bertz CT molecular complexity index is 848. The largest absolute Gasteiger partial charge is 0.368 e. The highest BCUT2D eigenvalue weighted by Gasteiger charge is 2.47. The van der Waals surface area contributed by atoms with E-state index >= 15 is 0 Å². The van der Waals surface area contributed by atoms with Gasteiger partial charge in [0, 0.05) is 0 Å². The van der Waals surface area contributed by atoms with Gasteiger partial charge in [-0.25, -0.2) is 9.97 Å². The predicted molar refractivity (Wildman–Crippen MR) is 102 cm³/mol. The van der Waals surface area contributed by atoms with Crippen molar-refractivity contribution in [1.82, 2.24) is 19.5 Å². The highest BCUT2D eigenvalue weighted by Crippen LogP contribution is 2.53. The Hall–Kier alpha value is -1.54. The van der Waals surface area contributed by atoms with Crippen molar-refractivity contribution in [2.24, 2.45) is 0 Å². The summed E-state index contributed by atoms with van der Waals surface area (Å²) in [6.07, 6.45) is 2.92. The first-order valence-corrected chi connectivity index (χ1v) is 10.9. The molecule has 0 aromatic carbocycles. The summed E-state index contributed by atoms with van der Waals surface area (Å²) >= 11 is 0. The molecule has 0 unspecified atom stereocenters. The number of nitrogens with two attached hydrogens (primary N) is 1. The first-order chi connectivity index (χ1) is 12.6. The first kappa shape index (κ1) is 20.2. The van der Waals surface area contributed by atoms with Crippen LogP contribution in [0.15, 0.2) is 6.33 Å². The topological polar surface area (TPSA) is 114 Å². The van der Waals surface area contributed by atoms with Crippen LogP contribution in [0.2, 0.25) is 0 Å². The third-order valence-corrected chi connectivity index (χ3v) is 6.12. The van der Waals surface area contributed by atoms with Crippen LogP contribution < -0.4 is 5.73 Å². The number of anilines is 1. The molecule has 1 aliphatic rings. The van der Waals surface area contributed by atoms with Gasteiger partial charge in [0.05, 0.1) is 36.4 Å². The van der Waals surface area contributed by atoms with Crippen LogP contribution in [0.4, 0.5) is 5.95 Å². The number of rotatable bonds is 9. The Morgan fingerprint density at radius 1 is 1.22 bits per heavy atom. The van der Waals surface area contributed by atoms with Gasteiger partial charge in [0.25, 0.3) is 0 Å². The summed E-state index contributed by atoms with van der Waals surface area (Å²) in [7, 11) is -3.33. The lowest BCUT2D eigenvalue weighted by Crippen LogP contribution is -2.24. The van der Waals surface area contributed by atoms with Gasteiger partial charge in [-0.3, -0.25) is 4.57 Å². The van der Waals surface area contributed by atoms with Gasteiger partial charge >= 0.3 is 7.60 Å². The molecule has 0 bridgehead atoms. The average molecular weight is 397 g/mol. The molecule has 1 aliphatic carbocycles. The SMILES string of the molecule is Cc1nc(N)nc2c1ncn2CC1(OCP(=O)(OC(C)C)OC(C)C)CC1. The smallest absolute Gasteiger partial charge is 0.356 e. The Balaban J connectivity index is 1.73. The van der Waals surface area contributed by atoms with Crippen LogP contribution in [-0.4, -0.2) is 43.7 Å². The normalized spacial score (nSPS) is 16.6. The molecule has 2 heterocycles. The highest BCUT2D eigenvalue weighted by molar-refractivity contribution is 7.53. The van der Waals surface area contributed by atoms with Gasteiger partial charge < -0.3 is 24.1 Å². The maximum absolute atomic E-state index is 13.0. The van der Waals surface area contributed by atoms with Gasteiger partial charge in [0.2, 0.25) is 5.95 Å². The number of hydrogen-bond acceptors (Lipinski definition) is 8. The van der Waals surface area contributed by atoms with Crippen LogP contribution >= 0.6 is 7.60 Å². The molecule has 2 N–H and O–H groups in total. The van der Waals surface area contributed by atoms with Crippen LogP contribution in [-0.2, 0) is 24.9 Å². The summed E-state index contributed by atoms with van der Waals surface area (Å²) in [5.41, 5.74) is 7.49. The van der Waals surface area contributed by atoms with E-state index < -0.39 is 13.2 Å². The first-order valence-electron chi connectivity index (χ1n) is 9.16.